The lowest BCUT2D eigenvalue weighted by molar-refractivity contribution is -0.137. The minimum atomic E-state index is -0.915. The van der Waals surface area contributed by atoms with Gasteiger partial charge in [-0.1, -0.05) is 29.3 Å². The van der Waals surface area contributed by atoms with Crippen molar-refractivity contribution in [2.24, 2.45) is 0 Å². The van der Waals surface area contributed by atoms with Gasteiger partial charge in [-0.3, -0.25) is 14.4 Å². The lowest BCUT2D eigenvalue weighted by atomic mass is 9.71. The van der Waals surface area contributed by atoms with E-state index in [1.54, 1.807) is 18.2 Å². The molecule has 0 saturated carbocycles. The summed E-state index contributed by atoms with van der Waals surface area (Å²) in [6.07, 6.45) is 3.40. The van der Waals surface area contributed by atoms with Gasteiger partial charge in [-0.25, -0.2) is 0 Å². The summed E-state index contributed by atoms with van der Waals surface area (Å²) in [6.45, 7) is 2.66. The fourth-order valence-corrected chi connectivity index (χ4v) is 7.01. The van der Waals surface area contributed by atoms with Crippen LogP contribution in [0, 0.1) is 0 Å². The number of Topliss-reactive ketones (excluding diaryl/α,β-unsaturated/α-hetero) is 2. The first-order chi connectivity index (χ1) is 19.7. The molecule has 2 aromatic carbocycles. The highest BCUT2D eigenvalue weighted by Gasteiger charge is 2.43. The third-order valence-corrected chi connectivity index (χ3v) is 8.86. The molecule has 7 nitrogen and oxygen atoms in total. The monoisotopic (exact) mass is 661 g/mol. The Morgan fingerprint density at radius 1 is 1.00 bits per heavy atom. The fourth-order valence-electron chi connectivity index (χ4n) is 5.97. The van der Waals surface area contributed by atoms with Crippen molar-refractivity contribution in [2.75, 3.05) is 13.2 Å². The highest BCUT2D eigenvalue weighted by Crippen LogP contribution is 2.51. The molecule has 1 aliphatic heterocycles. The highest BCUT2D eigenvalue weighted by molar-refractivity contribution is 9.10. The third kappa shape index (κ3) is 6.06. The van der Waals surface area contributed by atoms with E-state index >= 15 is 0 Å². The highest BCUT2D eigenvalue weighted by atomic mass is 79.9. The Balaban J connectivity index is 1.60. The Bertz CT molecular complexity index is 1440. The van der Waals surface area contributed by atoms with Crippen molar-refractivity contribution < 1.29 is 29.0 Å². The average molecular weight is 663 g/mol. The first kappa shape index (κ1) is 29.7. The van der Waals surface area contributed by atoms with Crippen LogP contribution in [0.3, 0.4) is 0 Å². The second-order valence-electron chi connectivity index (χ2n) is 10.3. The molecule has 0 atom stereocenters. The zero-order valence-corrected chi connectivity index (χ0v) is 25.7. The molecule has 2 aromatic rings. The number of carboxylic acids is 1. The number of hydrogen-bond donors (Lipinski definition) is 1. The van der Waals surface area contributed by atoms with Gasteiger partial charge in [0.05, 0.1) is 17.5 Å². The molecule has 0 unspecified atom stereocenters. The van der Waals surface area contributed by atoms with Gasteiger partial charge in [0.15, 0.2) is 23.1 Å². The van der Waals surface area contributed by atoms with E-state index < -0.39 is 11.9 Å². The molecule has 3 aliphatic rings. The quantitative estimate of drug-likeness (QED) is 0.295. The van der Waals surface area contributed by atoms with E-state index in [2.05, 4.69) is 15.9 Å². The van der Waals surface area contributed by atoms with Crippen LogP contribution in [0.2, 0.25) is 10.0 Å². The number of ether oxygens (including phenoxy) is 2. The maximum Gasteiger partial charge on any atom is 0.305 e. The first-order valence-corrected chi connectivity index (χ1v) is 15.3. The van der Waals surface area contributed by atoms with E-state index in [0.717, 1.165) is 22.5 Å². The molecule has 0 aromatic heterocycles. The summed E-state index contributed by atoms with van der Waals surface area (Å²) in [5, 5.41) is 10.4. The minimum absolute atomic E-state index is 0.00622. The molecule has 0 bridgehead atoms. The summed E-state index contributed by atoms with van der Waals surface area (Å²) in [6, 6.07) is 8.94. The summed E-state index contributed by atoms with van der Waals surface area (Å²) < 4.78 is 12.8. The van der Waals surface area contributed by atoms with Crippen LogP contribution in [-0.4, -0.2) is 40.7 Å². The summed E-state index contributed by atoms with van der Waals surface area (Å²) in [5.74, 6) is -0.528. The fraction of sp³-hybridized carbons (Fsp3) is 0.387. The number of nitrogens with zero attached hydrogens (tertiary/aromatic N) is 1. The van der Waals surface area contributed by atoms with Gasteiger partial charge in [0.2, 0.25) is 0 Å². The molecular weight excluding hydrogens is 633 g/mol. The van der Waals surface area contributed by atoms with Gasteiger partial charge in [-0.05, 0) is 78.4 Å². The van der Waals surface area contributed by atoms with E-state index in [-0.39, 0.29) is 31.1 Å². The Morgan fingerprint density at radius 2 is 1.66 bits per heavy atom. The Kier molecular flexibility index (Phi) is 9.12. The molecule has 0 spiro atoms. The summed E-state index contributed by atoms with van der Waals surface area (Å²) >= 11 is 16.1. The molecule has 1 heterocycles. The zero-order valence-electron chi connectivity index (χ0n) is 22.6. The van der Waals surface area contributed by atoms with Crippen molar-refractivity contribution in [3.63, 3.8) is 0 Å². The number of carboxylic acid groups (broad SMARTS) is 1. The summed E-state index contributed by atoms with van der Waals surface area (Å²) in [7, 11) is 0. The van der Waals surface area contributed by atoms with Crippen molar-refractivity contribution in [1.29, 1.82) is 0 Å². The van der Waals surface area contributed by atoms with Crippen molar-refractivity contribution >= 4 is 56.7 Å². The minimum Gasteiger partial charge on any atom is -0.490 e. The number of carbonyl (C=O) groups excluding carboxylic acids is 2. The van der Waals surface area contributed by atoms with Crippen LogP contribution in [-0.2, 0) is 21.0 Å². The van der Waals surface area contributed by atoms with E-state index in [1.807, 2.05) is 24.0 Å². The largest absolute Gasteiger partial charge is 0.490 e. The molecule has 0 amide bonds. The van der Waals surface area contributed by atoms with Crippen molar-refractivity contribution in [3.8, 4) is 11.5 Å². The van der Waals surface area contributed by atoms with Crippen molar-refractivity contribution in [1.82, 2.24) is 4.90 Å². The average Bonchev–Trinajstić information content (AvgIpc) is 2.92. The second-order valence-corrected chi connectivity index (χ2v) is 12.0. The standard InChI is InChI=1S/C31H30BrCl2NO6/c1-2-40-26-14-18(13-20(32)31(26)41-16-17-9-10-19(33)15-21(17)34)28-29-22(5-3-7-24(29)36)35(12-11-27(38)39)23-6-4-8-25(37)30(23)28/h9-10,13-15,28H,2-8,11-12,16H2,1H3,(H,38,39). The van der Waals surface area contributed by atoms with Crippen LogP contribution in [0.25, 0.3) is 0 Å². The van der Waals surface area contributed by atoms with Crippen LogP contribution in [0.15, 0.2) is 57.3 Å². The second kappa shape index (κ2) is 12.6. The number of rotatable bonds is 9. The van der Waals surface area contributed by atoms with Crippen LogP contribution < -0.4 is 9.47 Å². The zero-order chi connectivity index (χ0) is 29.3. The molecular formula is C31H30BrCl2NO6. The Hall–Kier alpha value is -2.81. The molecule has 216 valence electrons. The number of aliphatic carboxylic acids is 1. The SMILES string of the molecule is CCOc1cc(C2C3=C(CCCC3=O)N(CCC(=O)O)C3=C2C(=O)CCC3)cc(Br)c1OCc1ccc(Cl)cc1Cl. The molecule has 0 radical (unpaired) electrons. The predicted molar refractivity (Wildman–Crippen MR) is 160 cm³/mol. The molecule has 41 heavy (non-hydrogen) atoms. The molecule has 1 N–H and O–H groups in total. The number of allylic oxidation sites excluding steroid dienone is 4. The number of halogens is 3. The third-order valence-electron chi connectivity index (χ3n) is 7.69. The molecule has 0 saturated heterocycles. The maximum absolute atomic E-state index is 13.5. The molecule has 10 heteroatoms. The lowest BCUT2D eigenvalue weighted by Crippen LogP contribution is -2.39. The molecule has 5 rings (SSSR count). The summed E-state index contributed by atoms with van der Waals surface area (Å²) in [4.78, 5) is 40.5. The maximum atomic E-state index is 13.5. The molecule has 2 aliphatic carbocycles. The van der Waals surface area contributed by atoms with Crippen LogP contribution in [0.5, 0.6) is 11.5 Å². The van der Waals surface area contributed by atoms with Gasteiger partial charge < -0.3 is 19.5 Å². The smallest absolute Gasteiger partial charge is 0.305 e. The molecule has 0 fully saturated rings. The van der Waals surface area contributed by atoms with Gasteiger partial charge >= 0.3 is 5.97 Å². The van der Waals surface area contributed by atoms with Crippen LogP contribution in [0.1, 0.15) is 68.9 Å². The number of carbonyl (C=O) groups is 3. The van der Waals surface area contributed by atoms with Gasteiger partial charge in [0.1, 0.15) is 6.61 Å². The van der Waals surface area contributed by atoms with E-state index in [0.29, 0.717) is 82.3 Å². The normalized spacial score (nSPS) is 17.5. The van der Waals surface area contributed by atoms with E-state index in [4.69, 9.17) is 32.7 Å². The van der Waals surface area contributed by atoms with Crippen molar-refractivity contribution in [2.45, 2.75) is 64.4 Å². The predicted octanol–water partition coefficient (Wildman–Crippen LogP) is 7.62. The van der Waals surface area contributed by atoms with E-state index in [1.165, 1.54) is 0 Å². The van der Waals surface area contributed by atoms with E-state index in [9.17, 15) is 19.5 Å². The number of hydrogen-bond acceptors (Lipinski definition) is 6. The van der Waals surface area contributed by atoms with Gasteiger partial charge in [-0.15, -0.1) is 0 Å². The van der Waals surface area contributed by atoms with Crippen LogP contribution in [0.4, 0.5) is 0 Å². The Labute approximate surface area is 257 Å². The Morgan fingerprint density at radius 3 is 2.24 bits per heavy atom. The lowest BCUT2D eigenvalue weighted by Gasteiger charge is -2.44. The van der Waals surface area contributed by atoms with Crippen LogP contribution >= 0.6 is 39.1 Å². The number of benzene rings is 2. The van der Waals surface area contributed by atoms with Crippen molar-refractivity contribution in [3.05, 3.63) is 78.5 Å². The number of ketones is 2. The summed E-state index contributed by atoms with van der Waals surface area (Å²) in [5.41, 5.74) is 4.37. The van der Waals surface area contributed by atoms with Gasteiger partial charge in [-0.2, -0.15) is 0 Å². The van der Waals surface area contributed by atoms with Gasteiger partial charge in [0.25, 0.3) is 0 Å². The first-order valence-electron chi connectivity index (χ1n) is 13.7. The topological polar surface area (TPSA) is 93.1 Å². The van der Waals surface area contributed by atoms with Gasteiger partial charge in [0, 0.05) is 63.5 Å².